The van der Waals surface area contributed by atoms with Gasteiger partial charge in [-0.2, -0.15) is 0 Å². The fraction of sp³-hybridized carbons (Fsp3) is 0.529. The van der Waals surface area contributed by atoms with Gasteiger partial charge in [-0.05, 0) is 37.1 Å². The molecule has 0 radical (unpaired) electrons. The molecule has 0 spiro atoms. The molecule has 1 saturated heterocycles. The van der Waals surface area contributed by atoms with Gasteiger partial charge in [0.05, 0.1) is 12.5 Å². The Labute approximate surface area is 147 Å². The molecule has 5 nitrogen and oxygen atoms in total. The van der Waals surface area contributed by atoms with Gasteiger partial charge in [-0.1, -0.05) is 0 Å². The van der Waals surface area contributed by atoms with Crippen LogP contribution < -0.4 is 5.73 Å². The van der Waals surface area contributed by atoms with E-state index in [4.69, 9.17) is 10.5 Å². The standard InChI is InChI=1S/C17H23FN2O3.ClH/c1-23-15(10-19)9-16(21)20-8-2-3-13(11-20)17(22)12-4-6-14(18)7-5-12;/h4-7,13,15H,2-3,8-11,19H2,1H3;1H. The lowest BCUT2D eigenvalue weighted by molar-refractivity contribution is -0.135. The van der Waals surface area contributed by atoms with Crippen LogP contribution in [-0.4, -0.2) is 49.4 Å². The number of halogens is 2. The van der Waals surface area contributed by atoms with Gasteiger partial charge in [-0.3, -0.25) is 9.59 Å². The largest absolute Gasteiger partial charge is 0.380 e. The van der Waals surface area contributed by atoms with Crippen LogP contribution in [0.1, 0.15) is 29.6 Å². The lowest BCUT2D eigenvalue weighted by Gasteiger charge is -2.33. The Morgan fingerprint density at radius 2 is 2.04 bits per heavy atom. The van der Waals surface area contributed by atoms with E-state index in [0.717, 1.165) is 12.8 Å². The second-order valence-corrected chi connectivity index (χ2v) is 5.85. The minimum atomic E-state index is -0.366. The highest BCUT2D eigenvalue weighted by Gasteiger charge is 2.29. The summed E-state index contributed by atoms with van der Waals surface area (Å²) >= 11 is 0. The van der Waals surface area contributed by atoms with Crippen molar-refractivity contribution in [1.82, 2.24) is 4.90 Å². The van der Waals surface area contributed by atoms with Gasteiger partial charge in [0.1, 0.15) is 5.82 Å². The second-order valence-electron chi connectivity index (χ2n) is 5.85. The van der Waals surface area contributed by atoms with Crippen molar-refractivity contribution in [3.63, 3.8) is 0 Å². The molecule has 0 bridgehead atoms. The summed E-state index contributed by atoms with van der Waals surface area (Å²) in [6, 6.07) is 5.55. The van der Waals surface area contributed by atoms with Crippen LogP contribution >= 0.6 is 12.4 Å². The van der Waals surface area contributed by atoms with Gasteiger partial charge in [-0.15, -0.1) is 12.4 Å². The molecule has 2 atom stereocenters. The van der Waals surface area contributed by atoms with Gasteiger partial charge in [0.2, 0.25) is 5.91 Å². The van der Waals surface area contributed by atoms with E-state index >= 15 is 0 Å². The molecular formula is C17H24ClFN2O3. The van der Waals surface area contributed by atoms with E-state index in [2.05, 4.69) is 0 Å². The SMILES string of the molecule is COC(CN)CC(=O)N1CCCC(C(=O)c2ccc(F)cc2)C1.Cl. The van der Waals surface area contributed by atoms with Crippen LogP contribution in [0, 0.1) is 11.7 Å². The Balaban J connectivity index is 0.00000288. The summed E-state index contributed by atoms with van der Waals surface area (Å²) in [7, 11) is 1.53. The molecule has 0 aliphatic carbocycles. The fourth-order valence-corrected chi connectivity index (χ4v) is 2.85. The first-order valence-electron chi connectivity index (χ1n) is 7.85. The molecule has 0 saturated carbocycles. The normalized spacial score (nSPS) is 18.6. The number of benzene rings is 1. The van der Waals surface area contributed by atoms with E-state index < -0.39 is 0 Å². The summed E-state index contributed by atoms with van der Waals surface area (Å²) in [4.78, 5) is 26.5. The minimum Gasteiger partial charge on any atom is -0.380 e. The lowest BCUT2D eigenvalue weighted by atomic mass is 9.90. The number of piperidine rings is 1. The molecule has 2 rings (SSSR count). The molecule has 1 aromatic rings. The maximum atomic E-state index is 13.0. The van der Waals surface area contributed by atoms with E-state index in [1.165, 1.54) is 31.4 Å². The summed E-state index contributed by atoms with van der Waals surface area (Å²) in [6.07, 6.45) is 1.45. The van der Waals surface area contributed by atoms with Crippen molar-refractivity contribution in [3.8, 4) is 0 Å². The number of likely N-dealkylation sites (tertiary alicyclic amines) is 1. The predicted octanol–water partition coefficient (Wildman–Crippen LogP) is 2.03. The second kappa shape index (κ2) is 9.71. The van der Waals surface area contributed by atoms with E-state index in [1.807, 2.05) is 0 Å². The highest BCUT2D eigenvalue weighted by atomic mass is 35.5. The van der Waals surface area contributed by atoms with Crippen LogP contribution in [0.4, 0.5) is 4.39 Å². The molecule has 24 heavy (non-hydrogen) atoms. The Kier molecular flexibility index (Phi) is 8.31. The van der Waals surface area contributed by atoms with Crippen molar-refractivity contribution in [2.45, 2.75) is 25.4 Å². The van der Waals surface area contributed by atoms with Crippen molar-refractivity contribution >= 4 is 24.1 Å². The number of carbonyl (C=O) groups excluding carboxylic acids is 2. The van der Waals surface area contributed by atoms with Crippen LogP contribution in [0.2, 0.25) is 0 Å². The van der Waals surface area contributed by atoms with E-state index in [-0.39, 0.29) is 54.9 Å². The molecule has 0 aromatic heterocycles. The summed E-state index contributed by atoms with van der Waals surface area (Å²) in [6.45, 7) is 1.33. The highest BCUT2D eigenvalue weighted by Crippen LogP contribution is 2.22. The van der Waals surface area contributed by atoms with Crippen LogP contribution in [-0.2, 0) is 9.53 Å². The Hall–Kier alpha value is -1.50. The molecule has 1 amide bonds. The van der Waals surface area contributed by atoms with Gasteiger partial charge < -0.3 is 15.4 Å². The minimum absolute atomic E-state index is 0. The molecule has 1 fully saturated rings. The van der Waals surface area contributed by atoms with E-state index in [1.54, 1.807) is 4.90 Å². The number of carbonyl (C=O) groups is 2. The highest BCUT2D eigenvalue weighted by molar-refractivity contribution is 5.98. The van der Waals surface area contributed by atoms with Crippen LogP contribution in [0.15, 0.2) is 24.3 Å². The molecule has 2 unspecified atom stereocenters. The summed E-state index contributed by atoms with van der Waals surface area (Å²) < 4.78 is 18.1. The molecule has 1 heterocycles. The predicted molar refractivity (Wildman–Crippen MR) is 91.8 cm³/mol. The number of ketones is 1. The van der Waals surface area contributed by atoms with Gasteiger partial charge >= 0.3 is 0 Å². The van der Waals surface area contributed by atoms with Gasteiger partial charge in [-0.25, -0.2) is 4.39 Å². The number of ether oxygens (including phenoxy) is 1. The molecular weight excluding hydrogens is 335 g/mol. The van der Waals surface area contributed by atoms with Gasteiger partial charge in [0.25, 0.3) is 0 Å². The third-order valence-electron chi connectivity index (χ3n) is 4.27. The first-order chi connectivity index (χ1) is 11.0. The Bertz CT molecular complexity index is 549. The van der Waals surface area contributed by atoms with Crippen molar-refractivity contribution < 1.29 is 18.7 Å². The van der Waals surface area contributed by atoms with Crippen LogP contribution in [0.5, 0.6) is 0 Å². The number of nitrogens with zero attached hydrogens (tertiary/aromatic N) is 1. The Morgan fingerprint density at radius 3 is 2.62 bits per heavy atom. The van der Waals surface area contributed by atoms with Crippen LogP contribution in [0.25, 0.3) is 0 Å². The van der Waals surface area contributed by atoms with Crippen molar-refractivity contribution in [2.24, 2.45) is 11.7 Å². The molecule has 1 aromatic carbocycles. The fourth-order valence-electron chi connectivity index (χ4n) is 2.85. The third-order valence-corrected chi connectivity index (χ3v) is 4.27. The number of nitrogens with two attached hydrogens (primary N) is 1. The lowest BCUT2D eigenvalue weighted by Crippen LogP contribution is -2.44. The topological polar surface area (TPSA) is 72.6 Å². The van der Waals surface area contributed by atoms with Crippen molar-refractivity contribution in [3.05, 3.63) is 35.6 Å². The molecule has 134 valence electrons. The zero-order chi connectivity index (χ0) is 16.8. The first-order valence-corrected chi connectivity index (χ1v) is 7.85. The molecule has 1 aliphatic heterocycles. The third kappa shape index (κ3) is 5.26. The van der Waals surface area contributed by atoms with Crippen molar-refractivity contribution in [1.29, 1.82) is 0 Å². The number of hydrogen-bond acceptors (Lipinski definition) is 4. The zero-order valence-electron chi connectivity index (χ0n) is 13.7. The van der Waals surface area contributed by atoms with Crippen LogP contribution in [0.3, 0.4) is 0 Å². The number of Topliss-reactive ketones (excluding diaryl/α,β-unsaturated/α-hetero) is 1. The summed E-state index contributed by atoms with van der Waals surface area (Å²) in [5.41, 5.74) is 6.03. The molecule has 7 heteroatoms. The summed E-state index contributed by atoms with van der Waals surface area (Å²) in [5.74, 6) is -0.685. The smallest absolute Gasteiger partial charge is 0.225 e. The number of rotatable bonds is 6. The number of hydrogen-bond donors (Lipinski definition) is 1. The Morgan fingerprint density at radius 1 is 1.38 bits per heavy atom. The van der Waals surface area contributed by atoms with Crippen molar-refractivity contribution in [2.75, 3.05) is 26.7 Å². The van der Waals surface area contributed by atoms with E-state index in [9.17, 15) is 14.0 Å². The number of amides is 1. The monoisotopic (exact) mass is 358 g/mol. The average Bonchev–Trinajstić information content (AvgIpc) is 2.59. The molecule has 2 N–H and O–H groups in total. The van der Waals surface area contributed by atoms with Gasteiger partial charge in [0, 0.05) is 38.2 Å². The number of methoxy groups -OCH3 is 1. The maximum absolute atomic E-state index is 13.0. The first kappa shape index (κ1) is 20.5. The summed E-state index contributed by atoms with van der Waals surface area (Å²) in [5, 5.41) is 0. The maximum Gasteiger partial charge on any atom is 0.225 e. The van der Waals surface area contributed by atoms with E-state index in [0.29, 0.717) is 18.7 Å². The van der Waals surface area contributed by atoms with Gasteiger partial charge in [0.15, 0.2) is 5.78 Å². The quantitative estimate of drug-likeness (QED) is 0.790. The average molecular weight is 359 g/mol. The zero-order valence-corrected chi connectivity index (χ0v) is 14.6. The molecule has 1 aliphatic rings.